The van der Waals surface area contributed by atoms with E-state index in [1.54, 1.807) is 13.8 Å². The molecule has 2 aromatic carbocycles. The lowest BCUT2D eigenvalue weighted by Crippen LogP contribution is -2.51. The standard InChI is InChI=1S/C27H32N2O2/c1-27(2,31)15-14-20-10-12-21(13-11-20)26(30)28(3)24-9-6-16-29(19-24)25-17-22-7-4-5-8-23(22)18-25/h4-5,7-8,10-13,24-25,31H,6,9,16-19H2,1-3H3/t24-/m1/s1. The number of fused-ring (bicyclic) bond motifs is 1. The van der Waals surface area contributed by atoms with E-state index in [2.05, 4.69) is 41.0 Å². The molecule has 0 radical (unpaired) electrons. The van der Waals surface area contributed by atoms with Gasteiger partial charge in [-0.15, -0.1) is 0 Å². The number of nitrogens with zero attached hydrogens (tertiary/aromatic N) is 2. The molecule has 2 aromatic rings. The summed E-state index contributed by atoms with van der Waals surface area (Å²) in [7, 11) is 1.93. The van der Waals surface area contributed by atoms with E-state index < -0.39 is 5.60 Å². The molecule has 0 bridgehead atoms. The van der Waals surface area contributed by atoms with Crippen molar-refractivity contribution in [1.82, 2.24) is 9.80 Å². The van der Waals surface area contributed by atoms with E-state index in [1.807, 2.05) is 36.2 Å². The average Bonchev–Trinajstić information content (AvgIpc) is 3.21. The quantitative estimate of drug-likeness (QED) is 0.779. The second-order valence-corrected chi connectivity index (χ2v) is 9.42. The number of rotatable bonds is 3. The smallest absolute Gasteiger partial charge is 0.253 e. The van der Waals surface area contributed by atoms with Crippen molar-refractivity contribution in [1.29, 1.82) is 0 Å². The van der Waals surface area contributed by atoms with Gasteiger partial charge >= 0.3 is 0 Å². The second-order valence-electron chi connectivity index (χ2n) is 9.42. The lowest BCUT2D eigenvalue weighted by atomic mass is 10.0. The third-order valence-corrected chi connectivity index (χ3v) is 6.49. The number of hydrogen-bond acceptors (Lipinski definition) is 3. The van der Waals surface area contributed by atoms with Gasteiger partial charge in [-0.3, -0.25) is 9.69 Å². The van der Waals surface area contributed by atoms with Crippen LogP contribution in [0.1, 0.15) is 53.7 Å². The van der Waals surface area contributed by atoms with Gasteiger partial charge in [0.25, 0.3) is 5.91 Å². The summed E-state index contributed by atoms with van der Waals surface area (Å²) in [6.07, 6.45) is 4.41. The molecule has 2 aliphatic rings. The molecule has 1 heterocycles. The zero-order valence-corrected chi connectivity index (χ0v) is 18.8. The van der Waals surface area contributed by atoms with Crippen molar-refractivity contribution >= 4 is 5.91 Å². The van der Waals surface area contributed by atoms with E-state index in [4.69, 9.17) is 0 Å². The van der Waals surface area contributed by atoms with Gasteiger partial charge in [0.1, 0.15) is 5.60 Å². The molecule has 4 heteroatoms. The zero-order chi connectivity index (χ0) is 22.0. The maximum absolute atomic E-state index is 13.1. The first-order valence-electron chi connectivity index (χ1n) is 11.2. The first-order chi connectivity index (χ1) is 14.8. The molecule has 1 aliphatic carbocycles. The van der Waals surface area contributed by atoms with Crippen molar-refractivity contribution in [2.75, 3.05) is 20.1 Å². The van der Waals surface area contributed by atoms with Crippen LogP contribution in [0.25, 0.3) is 0 Å². The lowest BCUT2D eigenvalue weighted by molar-refractivity contribution is 0.0555. The highest BCUT2D eigenvalue weighted by Crippen LogP contribution is 2.28. The predicted octanol–water partition coefficient (Wildman–Crippen LogP) is 3.51. The summed E-state index contributed by atoms with van der Waals surface area (Å²) in [6, 6.07) is 16.9. The molecule has 0 saturated carbocycles. The molecule has 4 rings (SSSR count). The molecule has 1 atom stereocenters. The normalized spacial score (nSPS) is 19.4. The topological polar surface area (TPSA) is 43.8 Å². The highest BCUT2D eigenvalue weighted by Gasteiger charge is 2.33. The highest BCUT2D eigenvalue weighted by atomic mass is 16.3. The van der Waals surface area contributed by atoms with E-state index in [1.165, 1.54) is 11.1 Å². The van der Waals surface area contributed by atoms with Crippen LogP contribution in [0.4, 0.5) is 0 Å². The van der Waals surface area contributed by atoms with Crippen LogP contribution in [0.3, 0.4) is 0 Å². The van der Waals surface area contributed by atoms with Crippen molar-refractivity contribution in [3.8, 4) is 11.8 Å². The number of aliphatic hydroxyl groups is 1. The van der Waals surface area contributed by atoms with E-state index in [0.29, 0.717) is 11.6 Å². The SMILES string of the molecule is CN(C(=O)c1ccc(C#CC(C)(C)O)cc1)[C@@H]1CCCN(C2Cc3ccccc3C2)C1. The molecule has 1 N–H and O–H groups in total. The molecular weight excluding hydrogens is 384 g/mol. The molecule has 4 nitrogen and oxygen atoms in total. The largest absolute Gasteiger partial charge is 0.378 e. The van der Waals surface area contributed by atoms with Gasteiger partial charge in [0.15, 0.2) is 0 Å². The fourth-order valence-electron chi connectivity index (χ4n) is 4.72. The Hall–Kier alpha value is -2.61. The fourth-order valence-corrected chi connectivity index (χ4v) is 4.72. The second kappa shape index (κ2) is 8.86. The summed E-state index contributed by atoms with van der Waals surface area (Å²) < 4.78 is 0. The van der Waals surface area contributed by atoms with E-state index in [9.17, 15) is 9.90 Å². The minimum Gasteiger partial charge on any atom is -0.378 e. The van der Waals surface area contributed by atoms with Crippen LogP contribution in [0.15, 0.2) is 48.5 Å². The van der Waals surface area contributed by atoms with Crippen molar-refractivity contribution in [3.63, 3.8) is 0 Å². The molecule has 0 unspecified atom stereocenters. The first-order valence-corrected chi connectivity index (χ1v) is 11.2. The molecule has 0 spiro atoms. The van der Waals surface area contributed by atoms with Crippen LogP contribution in [-0.2, 0) is 12.8 Å². The van der Waals surface area contributed by atoms with Gasteiger partial charge in [-0.1, -0.05) is 36.1 Å². The maximum atomic E-state index is 13.1. The van der Waals surface area contributed by atoms with Crippen LogP contribution in [0, 0.1) is 11.8 Å². The van der Waals surface area contributed by atoms with Crippen LogP contribution >= 0.6 is 0 Å². The predicted molar refractivity (Wildman–Crippen MR) is 124 cm³/mol. The van der Waals surface area contributed by atoms with Crippen molar-refractivity contribution in [2.24, 2.45) is 0 Å². The van der Waals surface area contributed by atoms with Crippen molar-refractivity contribution < 1.29 is 9.90 Å². The number of amides is 1. The van der Waals surface area contributed by atoms with Crippen LogP contribution in [0.2, 0.25) is 0 Å². The third kappa shape index (κ3) is 5.18. The Morgan fingerprint density at radius 3 is 2.35 bits per heavy atom. The Morgan fingerprint density at radius 2 is 1.74 bits per heavy atom. The van der Waals surface area contributed by atoms with Gasteiger partial charge in [-0.25, -0.2) is 0 Å². The van der Waals surface area contributed by atoms with Gasteiger partial charge in [0.05, 0.1) is 0 Å². The van der Waals surface area contributed by atoms with Gasteiger partial charge in [0, 0.05) is 36.8 Å². The molecule has 1 aliphatic heterocycles. The van der Waals surface area contributed by atoms with E-state index in [0.717, 1.165) is 44.3 Å². The van der Waals surface area contributed by atoms with Crippen molar-refractivity contribution in [3.05, 3.63) is 70.8 Å². The summed E-state index contributed by atoms with van der Waals surface area (Å²) in [5, 5.41) is 9.75. The summed E-state index contributed by atoms with van der Waals surface area (Å²) in [5.74, 6) is 5.82. The highest BCUT2D eigenvalue weighted by molar-refractivity contribution is 5.94. The van der Waals surface area contributed by atoms with Crippen molar-refractivity contribution in [2.45, 2.75) is 57.2 Å². The number of piperidine rings is 1. The number of carbonyl (C=O) groups excluding carboxylic acids is 1. The number of likely N-dealkylation sites (tertiary alicyclic amines) is 1. The molecule has 1 amide bonds. The molecule has 1 fully saturated rings. The van der Waals surface area contributed by atoms with Crippen LogP contribution in [0.5, 0.6) is 0 Å². The van der Waals surface area contributed by atoms with Gasteiger partial charge in [-0.05, 0) is 81.5 Å². The summed E-state index contributed by atoms with van der Waals surface area (Å²) in [4.78, 5) is 17.6. The number of benzene rings is 2. The average molecular weight is 417 g/mol. The Labute approximate surface area is 185 Å². The van der Waals surface area contributed by atoms with Crippen LogP contribution < -0.4 is 0 Å². The number of likely N-dealkylation sites (N-methyl/N-ethyl adjacent to an activating group) is 1. The Bertz CT molecular complexity index is 969. The molecule has 31 heavy (non-hydrogen) atoms. The maximum Gasteiger partial charge on any atom is 0.253 e. The Kier molecular flexibility index (Phi) is 6.18. The Balaban J connectivity index is 1.39. The molecule has 162 valence electrons. The summed E-state index contributed by atoms with van der Waals surface area (Å²) in [6.45, 7) is 5.37. The van der Waals surface area contributed by atoms with E-state index >= 15 is 0 Å². The summed E-state index contributed by atoms with van der Waals surface area (Å²) in [5.41, 5.74) is 3.41. The van der Waals surface area contributed by atoms with Gasteiger partial charge in [0.2, 0.25) is 0 Å². The number of hydrogen-bond donors (Lipinski definition) is 1. The van der Waals surface area contributed by atoms with Gasteiger partial charge in [-0.2, -0.15) is 0 Å². The molecular formula is C27H32N2O2. The third-order valence-electron chi connectivity index (χ3n) is 6.49. The number of carbonyl (C=O) groups is 1. The molecule has 0 aromatic heterocycles. The zero-order valence-electron chi connectivity index (χ0n) is 18.8. The van der Waals surface area contributed by atoms with Gasteiger partial charge < -0.3 is 10.0 Å². The first kappa shape index (κ1) is 21.6. The Morgan fingerprint density at radius 1 is 1.10 bits per heavy atom. The lowest BCUT2D eigenvalue weighted by Gasteiger charge is -2.40. The monoisotopic (exact) mass is 416 g/mol. The minimum atomic E-state index is -1.03. The minimum absolute atomic E-state index is 0.0588. The van der Waals surface area contributed by atoms with Crippen LogP contribution in [-0.4, -0.2) is 58.6 Å². The fraction of sp³-hybridized carbons (Fsp3) is 0.444. The van der Waals surface area contributed by atoms with E-state index in [-0.39, 0.29) is 11.9 Å². The summed E-state index contributed by atoms with van der Waals surface area (Å²) >= 11 is 0. The molecule has 1 saturated heterocycles.